The molecule has 12 heteroatoms. The molecule has 3 aromatic heterocycles. The predicted molar refractivity (Wildman–Crippen MR) is 74.8 cm³/mol. The molecule has 0 amide bonds. The maximum Gasteiger partial charge on any atom is 0.424 e. The van der Waals surface area contributed by atoms with Gasteiger partial charge in [-0.2, -0.15) is 13.2 Å². The third-order valence-corrected chi connectivity index (χ3v) is 3.52. The number of nitrogens with zero attached hydrogens (tertiary/aromatic N) is 7. The summed E-state index contributed by atoms with van der Waals surface area (Å²) in [5.41, 5.74) is -2.67. The Morgan fingerprint density at radius 1 is 1.29 bits per heavy atom. The third-order valence-electron chi connectivity index (χ3n) is 3.52. The number of halogens is 3. The van der Waals surface area contributed by atoms with E-state index in [0.29, 0.717) is 5.65 Å². The number of tetrazole rings is 1. The Balaban J connectivity index is 1.75. The number of anilines is 1. The zero-order chi connectivity index (χ0) is 17.4. The molecule has 0 aliphatic carbocycles. The average molecular weight is 342 g/mol. The van der Waals surface area contributed by atoms with Crippen molar-refractivity contribution in [2.75, 3.05) is 11.9 Å². The van der Waals surface area contributed by atoms with E-state index in [-0.39, 0.29) is 12.4 Å². The molecule has 0 bridgehead atoms. The Labute approximate surface area is 133 Å². The smallest absolute Gasteiger partial charge is 0.374 e. The van der Waals surface area contributed by atoms with Crippen molar-refractivity contribution in [3.8, 4) is 0 Å². The SMILES string of the molecule is Cn1ccnc1[C@@](O)(CCNc1ccc2nnnn2n1)C(F)(F)F. The van der Waals surface area contributed by atoms with Crippen LogP contribution in [0.3, 0.4) is 0 Å². The van der Waals surface area contributed by atoms with Gasteiger partial charge in [0.25, 0.3) is 0 Å². The standard InChI is InChI=1S/C12H13F3N8O/c1-22-7-6-17-10(22)11(24,12(13,14)15)4-5-16-8-2-3-9-18-20-21-23(9)19-8/h2-3,6-7,24H,4-5H2,1H3,(H,16,19)/t11-/m0/s1. The van der Waals surface area contributed by atoms with Crippen LogP contribution >= 0.6 is 0 Å². The van der Waals surface area contributed by atoms with Gasteiger partial charge in [0.2, 0.25) is 5.60 Å². The van der Waals surface area contributed by atoms with Gasteiger partial charge in [-0.25, -0.2) is 4.98 Å². The normalized spacial score (nSPS) is 14.7. The summed E-state index contributed by atoms with van der Waals surface area (Å²) in [6, 6.07) is 3.09. The quantitative estimate of drug-likeness (QED) is 0.695. The van der Waals surface area contributed by atoms with E-state index < -0.39 is 24.0 Å². The summed E-state index contributed by atoms with van der Waals surface area (Å²) >= 11 is 0. The number of hydrogen-bond donors (Lipinski definition) is 2. The summed E-state index contributed by atoms with van der Waals surface area (Å²) in [6.07, 6.45) is -2.98. The number of aliphatic hydroxyl groups is 1. The molecule has 3 aromatic rings. The zero-order valence-corrected chi connectivity index (χ0v) is 12.4. The molecule has 1 atom stereocenters. The molecule has 0 fully saturated rings. The topological polar surface area (TPSA) is 106 Å². The first-order valence-electron chi connectivity index (χ1n) is 6.87. The van der Waals surface area contributed by atoms with Crippen LogP contribution in [0.5, 0.6) is 0 Å². The first-order valence-corrected chi connectivity index (χ1v) is 6.87. The molecule has 9 nitrogen and oxygen atoms in total. The minimum Gasteiger partial charge on any atom is -0.374 e. The number of nitrogens with one attached hydrogen (secondary N) is 1. The molecule has 0 aliphatic rings. The van der Waals surface area contributed by atoms with Crippen molar-refractivity contribution in [2.24, 2.45) is 7.05 Å². The van der Waals surface area contributed by atoms with Gasteiger partial charge in [0.1, 0.15) is 11.6 Å². The number of aromatic nitrogens is 7. The van der Waals surface area contributed by atoms with E-state index in [4.69, 9.17) is 0 Å². The van der Waals surface area contributed by atoms with E-state index in [9.17, 15) is 18.3 Å². The minimum atomic E-state index is -4.87. The minimum absolute atomic E-state index is 0.191. The van der Waals surface area contributed by atoms with Crippen LogP contribution in [0.15, 0.2) is 24.5 Å². The molecule has 0 saturated carbocycles. The highest BCUT2D eigenvalue weighted by molar-refractivity contribution is 5.42. The second-order valence-corrected chi connectivity index (χ2v) is 5.14. The molecule has 24 heavy (non-hydrogen) atoms. The van der Waals surface area contributed by atoms with Gasteiger partial charge in [-0.05, 0) is 22.6 Å². The first-order chi connectivity index (χ1) is 11.3. The Morgan fingerprint density at radius 2 is 2.08 bits per heavy atom. The number of fused-ring (bicyclic) bond motifs is 1. The number of aryl methyl sites for hydroxylation is 1. The van der Waals surface area contributed by atoms with Crippen LogP contribution in [0.25, 0.3) is 5.65 Å². The van der Waals surface area contributed by atoms with Crippen molar-refractivity contribution < 1.29 is 18.3 Å². The van der Waals surface area contributed by atoms with Crippen molar-refractivity contribution in [3.05, 3.63) is 30.4 Å². The maximum atomic E-state index is 13.4. The van der Waals surface area contributed by atoms with Crippen LogP contribution < -0.4 is 5.32 Å². The molecular weight excluding hydrogens is 329 g/mol. The van der Waals surface area contributed by atoms with Crippen molar-refractivity contribution >= 4 is 11.5 Å². The summed E-state index contributed by atoms with van der Waals surface area (Å²) in [4.78, 5) is 3.63. The van der Waals surface area contributed by atoms with Gasteiger partial charge in [-0.15, -0.1) is 14.8 Å². The van der Waals surface area contributed by atoms with E-state index in [1.807, 2.05) is 0 Å². The van der Waals surface area contributed by atoms with Crippen molar-refractivity contribution in [1.29, 1.82) is 0 Å². The second-order valence-electron chi connectivity index (χ2n) is 5.14. The van der Waals surface area contributed by atoms with Crippen LogP contribution in [0, 0.1) is 0 Å². The van der Waals surface area contributed by atoms with Gasteiger partial charge in [0.05, 0.1) is 0 Å². The fraction of sp³-hybridized carbons (Fsp3) is 0.417. The molecule has 0 aliphatic heterocycles. The number of alkyl halides is 3. The highest BCUT2D eigenvalue weighted by atomic mass is 19.4. The van der Waals surface area contributed by atoms with Gasteiger partial charge < -0.3 is 15.0 Å². The summed E-state index contributed by atoms with van der Waals surface area (Å²) in [5.74, 6) is -0.195. The third kappa shape index (κ3) is 2.75. The molecule has 2 N–H and O–H groups in total. The van der Waals surface area contributed by atoms with E-state index in [0.717, 1.165) is 9.20 Å². The Bertz CT molecular complexity index is 844. The lowest BCUT2D eigenvalue weighted by molar-refractivity contribution is -0.271. The lowest BCUT2D eigenvalue weighted by Crippen LogP contribution is -2.45. The van der Waals surface area contributed by atoms with Gasteiger partial charge in [-0.3, -0.25) is 0 Å². The lowest BCUT2D eigenvalue weighted by atomic mass is 9.97. The summed E-state index contributed by atoms with van der Waals surface area (Å²) in [7, 11) is 1.39. The number of hydrogen-bond acceptors (Lipinski definition) is 7. The zero-order valence-electron chi connectivity index (χ0n) is 12.4. The lowest BCUT2D eigenvalue weighted by Gasteiger charge is -2.30. The average Bonchev–Trinajstić information content (AvgIpc) is 3.14. The number of rotatable bonds is 5. The summed E-state index contributed by atoms with van der Waals surface area (Å²) in [5, 5.41) is 27.6. The Hall–Kier alpha value is -2.76. The Morgan fingerprint density at radius 3 is 2.75 bits per heavy atom. The molecule has 0 aromatic carbocycles. The summed E-state index contributed by atoms with van der Waals surface area (Å²) in [6.45, 7) is -0.191. The highest BCUT2D eigenvalue weighted by Crippen LogP contribution is 2.40. The van der Waals surface area contributed by atoms with Crippen LogP contribution in [-0.2, 0) is 12.6 Å². The van der Waals surface area contributed by atoms with Crippen molar-refractivity contribution in [3.63, 3.8) is 0 Å². The molecule has 0 radical (unpaired) electrons. The van der Waals surface area contributed by atoms with Crippen LogP contribution in [0.2, 0.25) is 0 Å². The maximum absolute atomic E-state index is 13.4. The molecular formula is C12H13F3N8O. The van der Waals surface area contributed by atoms with Crippen molar-refractivity contribution in [1.82, 2.24) is 34.8 Å². The van der Waals surface area contributed by atoms with Gasteiger partial charge >= 0.3 is 6.18 Å². The van der Waals surface area contributed by atoms with Crippen molar-refractivity contribution in [2.45, 2.75) is 18.2 Å². The second kappa shape index (κ2) is 5.70. The monoisotopic (exact) mass is 342 g/mol. The van der Waals surface area contributed by atoms with E-state index >= 15 is 0 Å². The highest BCUT2D eigenvalue weighted by Gasteiger charge is 2.57. The molecule has 0 spiro atoms. The van der Waals surface area contributed by atoms with Gasteiger partial charge in [0, 0.05) is 32.4 Å². The first kappa shape index (κ1) is 16.1. The van der Waals surface area contributed by atoms with E-state index in [1.165, 1.54) is 25.5 Å². The molecule has 3 heterocycles. The molecule has 0 saturated heterocycles. The van der Waals surface area contributed by atoms with Gasteiger partial charge in [0.15, 0.2) is 5.65 Å². The van der Waals surface area contributed by atoms with E-state index in [2.05, 4.69) is 30.9 Å². The molecule has 3 rings (SSSR count). The predicted octanol–water partition coefficient (Wildman–Crippen LogP) is 0.505. The number of imidazole rings is 1. The van der Waals surface area contributed by atoms with Crippen LogP contribution in [0.4, 0.5) is 19.0 Å². The largest absolute Gasteiger partial charge is 0.424 e. The van der Waals surface area contributed by atoms with Crippen LogP contribution in [0.1, 0.15) is 12.2 Å². The molecule has 0 unspecified atom stereocenters. The molecule has 128 valence electrons. The van der Waals surface area contributed by atoms with E-state index in [1.54, 1.807) is 6.07 Å². The fourth-order valence-corrected chi connectivity index (χ4v) is 2.26. The summed E-state index contributed by atoms with van der Waals surface area (Å²) < 4.78 is 42.4. The van der Waals surface area contributed by atoms with Crippen LogP contribution in [-0.4, -0.2) is 52.6 Å². The fourth-order valence-electron chi connectivity index (χ4n) is 2.26. The Kier molecular flexibility index (Phi) is 3.83. The van der Waals surface area contributed by atoms with Gasteiger partial charge in [-0.1, -0.05) is 0 Å².